The molecule has 3 heterocycles. The minimum Gasteiger partial charge on any atom is -0.304 e. The van der Waals surface area contributed by atoms with Crippen LogP contribution >= 0.6 is 11.3 Å². The maximum atomic E-state index is 13.5. The number of carbonyl (C=O) groups is 1. The van der Waals surface area contributed by atoms with Crippen LogP contribution in [0.15, 0.2) is 48.7 Å². The zero-order valence-corrected chi connectivity index (χ0v) is 16.3. The number of hydrogen-bond acceptors (Lipinski definition) is 4. The molecule has 10 heteroatoms. The van der Waals surface area contributed by atoms with Crippen molar-refractivity contribution >= 4 is 33.3 Å². The summed E-state index contributed by atoms with van der Waals surface area (Å²) in [6, 6.07) is 11.5. The molecule has 0 aliphatic rings. The van der Waals surface area contributed by atoms with Gasteiger partial charge in [-0.3, -0.25) is 9.48 Å². The van der Waals surface area contributed by atoms with Gasteiger partial charge in [0.15, 0.2) is 11.5 Å². The lowest BCUT2D eigenvalue weighted by atomic mass is 10.2. The Morgan fingerprint density at radius 1 is 1.14 bits per heavy atom. The molecule has 4 aromatic rings. The second-order valence-electron chi connectivity index (χ2n) is 6.65. The monoisotopic (exact) mass is 419 g/mol. The van der Waals surface area contributed by atoms with Crippen LogP contribution < -0.4 is 5.32 Å². The fraction of sp³-hybridized carbons (Fsp3) is 0.211. The number of rotatable bonds is 4. The van der Waals surface area contributed by atoms with Crippen molar-refractivity contribution in [3.63, 3.8) is 0 Å². The molecule has 0 radical (unpaired) electrons. The summed E-state index contributed by atoms with van der Waals surface area (Å²) in [6.07, 6.45) is -2.91. The Hall–Kier alpha value is -3.14. The van der Waals surface area contributed by atoms with Crippen LogP contribution in [0, 0.1) is 0 Å². The van der Waals surface area contributed by atoms with E-state index in [1.165, 1.54) is 10.7 Å². The van der Waals surface area contributed by atoms with E-state index in [9.17, 15) is 18.0 Å². The summed E-state index contributed by atoms with van der Waals surface area (Å²) in [4.78, 5) is 13.0. The molecule has 0 unspecified atom stereocenters. The Labute approximate surface area is 167 Å². The number of aromatic nitrogens is 4. The Balaban J connectivity index is 1.74. The summed E-state index contributed by atoms with van der Waals surface area (Å²) in [7, 11) is 0. The SMILES string of the molecule is CC(C)n1ccc(NC(=O)c2cc3c(C(F)(F)F)nn(-c4ccccc4)c3s2)n1. The largest absolute Gasteiger partial charge is 0.435 e. The first-order valence-electron chi connectivity index (χ1n) is 8.75. The number of anilines is 1. The number of amides is 1. The minimum atomic E-state index is -4.64. The van der Waals surface area contributed by atoms with Crippen molar-refractivity contribution < 1.29 is 18.0 Å². The lowest BCUT2D eigenvalue weighted by Gasteiger charge is -2.05. The van der Waals surface area contributed by atoms with Crippen molar-refractivity contribution in [1.82, 2.24) is 19.6 Å². The van der Waals surface area contributed by atoms with Gasteiger partial charge in [-0.1, -0.05) is 18.2 Å². The maximum Gasteiger partial charge on any atom is 0.435 e. The highest BCUT2D eigenvalue weighted by molar-refractivity contribution is 7.20. The van der Waals surface area contributed by atoms with E-state index in [1.807, 2.05) is 13.8 Å². The van der Waals surface area contributed by atoms with E-state index in [2.05, 4.69) is 15.5 Å². The fourth-order valence-corrected chi connectivity index (χ4v) is 3.87. The highest BCUT2D eigenvalue weighted by Crippen LogP contribution is 2.39. The lowest BCUT2D eigenvalue weighted by molar-refractivity contribution is -0.140. The van der Waals surface area contributed by atoms with Gasteiger partial charge in [0.05, 0.1) is 10.6 Å². The van der Waals surface area contributed by atoms with E-state index in [0.29, 0.717) is 11.5 Å². The molecule has 1 N–H and O–H groups in total. The molecular formula is C19H16F3N5OS. The molecular weight excluding hydrogens is 403 g/mol. The van der Waals surface area contributed by atoms with E-state index in [-0.39, 0.29) is 21.1 Å². The number of fused-ring (bicyclic) bond motifs is 1. The Morgan fingerprint density at radius 2 is 1.86 bits per heavy atom. The summed E-state index contributed by atoms with van der Waals surface area (Å²) in [5, 5.41) is 10.5. The predicted octanol–water partition coefficient (Wildman–Crippen LogP) is 5.14. The normalized spacial score (nSPS) is 12.1. The molecule has 0 spiro atoms. The van der Waals surface area contributed by atoms with Gasteiger partial charge in [0.25, 0.3) is 5.91 Å². The highest BCUT2D eigenvalue weighted by atomic mass is 32.1. The van der Waals surface area contributed by atoms with Crippen LogP contribution in [0.5, 0.6) is 0 Å². The van der Waals surface area contributed by atoms with Crippen LogP contribution in [0.2, 0.25) is 0 Å². The van der Waals surface area contributed by atoms with E-state index in [0.717, 1.165) is 11.3 Å². The Kier molecular flexibility index (Phi) is 4.65. The van der Waals surface area contributed by atoms with Gasteiger partial charge >= 0.3 is 6.18 Å². The first-order chi connectivity index (χ1) is 13.7. The van der Waals surface area contributed by atoms with Crippen molar-refractivity contribution in [2.45, 2.75) is 26.1 Å². The zero-order valence-electron chi connectivity index (χ0n) is 15.4. The van der Waals surface area contributed by atoms with Gasteiger partial charge in [-0.2, -0.15) is 23.4 Å². The van der Waals surface area contributed by atoms with E-state index in [1.54, 1.807) is 47.3 Å². The van der Waals surface area contributed by atoms with Crippen LogP contribution in [0.1, 0.15) is 35.3 Å². The van der Waals surface area contributed by atoms with Crippen LogP contribution in [-0.2, 0) is 6.18 Å². The molecule has 0 bridgehead atoms. The Bertz CT molecular complexity index is 1170. The molecule has 1 aromatic carbocycles. The number of halogens is 3. The zero-order chi connectivity index (χ0) is 20.8. The van der Waals surface area contributed by atoms with E-state index >= 15 is 0 Å². The maximum absolute atomic E-state index is 13.5. The van der Waals surface area contributed by atoms with Crippen LogP contribution in [0.3, 0.4) is 0 Å². The first-order valence-corrected chi connectivity index (χ1v) is 9.57. The number of carbonyl (C=O) groups excluding carboxylic acids is 1. The van der Waals surface area contributed by atoms with Crippen LogP contribution in [0.4, 0.5) is 19.0 Å². The molecule has 0 saturated carbocycles. The molecule has 29 heavy (non-hydrogen) atoms. The molecule has 0 fully saturated rings. The van der Waals surface area contributed by atoms with Gasteiger partial charge in [0.1, 0.15) is 4.83 Å². The molecule has 1 amide bonds. The third-order valence-corrected chi connectivity index (χ3v) is 5.34. The highest BCUT2D eigenvalue weighted by Gasteiger charge is 2.38. The molecule has 0 saturated heterocycles. The number of nitrogens with zero attached hydrogens (tertiary/aromatic N) is 4. The summed E-state index contributed by atoms with van der Waals surface area (Å²) in [5.41, 5.74) is -0.534. The smallest absolute Gasteiger partial charge is 0.304 e. The van der Waals surface area contributed by atoms with Crippen molar-refractivity contribution in [2.75, 3.05) is 5.32 Å². The number of thiophene rings is 1. The van der Waals surface area contributed by atoms with Gasteiger partial charge in [0, 0.05) is 23.7 Å². The molecule has 0 aliphatic heterocycles. The second-order valence-corrected chi connectivity index (χ2v) is 7.68. The van der Waals surface area contributed by atoms with Gasteiger partial charge in [0.2, 0.25) is 0 Å². The molecule has 0 atom stereocenters. The van der Waals surface area contributed by atoms with Gasteiger partial charge in [-0.25, -0.2) is 4.68 Å². The quantitative estimate of drug-likeness (QED) is 0.498. The number of nitrogens with one attached hydrogen (secondary N) is 1. The first kappa shape index (κ1) is 19.2. The van der Waals surface area contributed by atoms with Crippen molar-refractivity contribution in [2.24, 2.45) is 0 Å². The average molecular weight is 419 g/mol. The van der Waals surface area contributed by atoms with Gasteiger partial charge in [-0.05, 0) is 32.0 Å². The average Bonchev–Trinajstić information content (AvgIpc) is 3.36. The second kappa shape index (κ2) is 7.03. The summed E-state index contributed by atoms with van der Waals surface area (Å²) < 4.78 is 43.4. The van der Waals surface area contributed by atoms with Crippen LogP contribution in [-0.4, -0.2) is 25.5 Å². The number of alkyl halides is 3. The fourth-order valence-electron chi connectivity index (χ4n) is 2.84. The minimum absolute atomic E-state index is 0.107. The molecule has 0 aliphatic carbocycles. The van der Waals surface area contributed by atoms with Crippen molar-refractivity contribution in [1.29, 1.82) is 0 Å². The van der Waals surface area contributed by atoms with Crippen molar-refractivity contribution in [3.05, 3.63) is 59.2 Å². The third-order valence-electron chi connectivity index (χ3n) is 4.23. The lowest BCUT2D eigenvalue weighted by Crippen LogP contribution is -2.12. The predicted molar refractivity (Wildman–Crippen MR) is 105 cm³/mol. The number of para-hydroxylation sites is 1. The van der Waals surface area contributed by atoms with E-state index in [4.69, 9.17) is 0 Å². The number of benzene rings is 1. The summed E-state index contributed by atoms with van der Waals surface area (Å²) in [5.74, 6) is -0.185. The summed E-state index contributed by atoms with van der Waals surface area (Å²) in [6.45, 7) is 3.89. The van der Waals surface area contributed by atoms with Crippen molar-refractivity contribution in [3.8, 4) is 5.69 Å². The molecule has 6 nitrogen and oxygen atoms in total. The number of hydrogen-bond donors (Lipinski definition) is 1. The molecule has 3 aromatic heterocycles. The molecule has 4 rings (SSSR count). The summed E-state index contributed by atoms with van der Waals surface area (Å²) >= 11 is 0.950. The third kappa shape index (κ3) is 3.63. The molecule has 150 valence electrons. The Morgan fingerprint density at radius 3 is 2.48 bits per heavy atom. The van der Waals surface area contributed by atoms with Gasteiger partial charge in [-0.15, -0.1) is 11.3 Å². The van der Waals surface area contributed by atoms with Gasteiger partial charge < -0.3 is 5.32 Å². The topological polar surface area (TPSA) is 64.7 Å². The van der Waals surface area contributed by atoms with E-state index < -0.39 is 17.8 Å². The standard InChI is InChI=1S/C19H16F3N5OS/c1-11(2)26-9-8-15(24-26)23-17(28)14-10-13-16(19(20,21)22)25-27(18(13)29-14)12-6-4-3-5-7-12/h3-11H,1-2H3,(H,23,24,28). The van der Waals surface area contributed by atoms with Crippen LogP contribution in [0.25, 0.3) is 15.9 Å².